The van der Waals surface area contributed by atoms with Crippen LogP contribution in [0.1, 0.15) is 32.8 Å². The molecule has 7 heteroatoms. The monoisotopic (exact) mass is 430 g/mol. The van der Waals surface area contributed by atoms with Gasteiger partial charge >= 0.3 is 10.1 Å². The molecule has 4 aliphatic carbocycles. The third kappa shape index (κ3) is 1.89. The van der Waals surface area contributed by atoms with Crippen molar-refractivity contribution in [3.63, 3.8) is 0 Å². The number of carbonyl (C=O) groups excluding carboxylic acids is 1. The summed E-state index contributed by atoms with van der Waals surface area (Å²) >= 11 is 0. The molecule has 30 heavy (non-hydrogen) atoms. The zero-order valence-electron chi connectivity index (χ0n) is 17.8. The van der Waals surface area contributed by atoms with Gasteiger partial charge in [-0.15, -0.1) is 0 Å². The van der Waals surface area contributed by atoms with Crippen molar-refractivity contribution < 1.29 is 26.9 Å². The van der Waals surface area contributed by atoms with Crippen molar-refractivity contribution in [2.45, 2.75) is 44.8 Å². The van der Waals surface area contributed by atoms with E-state index in [1.165, 1.54) is 19.2 Å². The fraction of sp³-hybridized carbons (Fsp3) is 0.522. The lowest BCUT2D eigenvalue weighted by molar-refractivity contribution is -0.246. The molecule has 1 aliphatic heterocycles. The first-order valence-corrected chi connectivity index (χ1v) is 11.6. The number of ether oxygens (including phenoxy) is 2. The van der Waals surface area contributed by atoms with Crippen molar-refractivity contribution in [3.05, 3.63) is 53.3 Å². The van der Waals surface area contributed by atoms with Crippen LogP contribution in [0, 0.1) is 29.1 Å². The van der Waals surface area contributed by atoms with Crippen LogP contribution in [-0.2, 0) is 28.6 Å². The number of rotatable bonds is 4. The molecule has 1 saturated heterocycles. The van der Waals surface area contributed by atoms with Crippen LogP contribution in [0.15, 0.2) is 52.6 Å². The van der Waals surface area contributed by atoms with E-state index in [2.05, 4.69) is 6.08 Å². The van der Waals surface area contributed by atoms with Crippen LogP contribution < -0.4 is 0 Å². The van der Waals surface area contributed by atoms with Gasteiger partial charge in [0, 0.05) is 12.5 Å². The molecule has 6 rings (SSSR count). The number of Topliss-reactive ketones (excluding diaryl/α,β-unsaturated/α-hetero) is 1. The van der Waals surface area contributed by atoms with Crippen molar-refractivity contribution in [1.82, 2.24) is 0 Å². The van der Waals surface area contributed by atoms with Gasteiger partial charge in [-0.3, -0.25) is 4.79 Å². The van der Waals surface area contributed by atoms with Crippen LogP contribution in [-0.4, -0.2) is 33.7 Å². The van der Waals surface area contributed by atoms with E-state index >= 15 is 0 Å². The Bertz CT molecular complexity index is 1130. The number of carbonyl (C=O) groups is 1. The van der Waals surface area contributed by atoms with E-state index in [9.17, 15) is 13.2 Å². The quantitative estimate of drug-likeness (QED) is 0.537. The number of hydrogen-bond donors (Lipinski definition) is 0. The summed E-state index contributed by atoms with van der Waals surface area (Å²) in [4.78, 5) is 13.9. The molecule has 1 saturated carbocycles. The minimum atomic E-state index is -4.10. The third-order valence-corrected chi connectivity index (χ3v) is 9.39. The topological polar surface area (TPSA) is 78.9 Å². The summed E-state index contributed by atoms with van der Waals surface area (Å²) in [5.41, 5.74) is -0.749. The molecule has 1 aromatic rings. The molecule has 0 radical (unpaired) electrons. The van der Waals surface area contributed by atoms with E-state index in [1.54, 1.807) is 18.2 Å². The van der Waals surface area contributed by atoms with Gasteiger partial charge in [0.1, 0.15) is 10.7 Å². The van der Waals surface area contributed by atoms with E-state index in [-0.39, 0.29) is 29.0 Å². The predicted octanol–water partition coefficient (Wildman–Crippen LogP) is 3.52. The molecule has 1 heterocycles. The number of aryl methyl sites for hydroxylation is 1. The van der Waals surface area contributed by atoms with Gasteiger partial charge in [0.15, 0.2) is 0 Å². The highest BCUT2D eigenvalue weighted by atomic mass is 32.2. The minimum absolute atomic E-state index is 0.0407. The Balaban J connectivity index is 1.73. The average Bonchev–Trinajstić information content (AvgIpc) is 3.13. The predicted molar refractivity (Wildman–Crippen MR) is 109 cm³/mol. The Morgan fingerprint density at radius 3 is 2.47 bits per heavy atom. The largest absolute Gasteiger partial charge is 0.383 e. The molecule has 4 unspecified atom stereocenters. The summed E-state index contributed by atoms with van der Waals surface area (Å²) in [6.07, 6.45) is 4.59. The highest BCUT2D eigenvalue weighted by Gasteiger charge is 2.84. The van der Waals surface area contributed by atoms with Gasteiger partial charge in [0.2, 0.25) is 11.6 Å². The van der Waals surface area contributed by atoms with Gasteiger partial charge in [-0.2, -0.15) is 8.42 Å². The van der Waals surface area contributed by atoms with Gasteiger partial charge in [0.05, 0.1) is 17.4 Å². The SMILES string of the molecule is COC12OCC3(C)C4=CC[C@@H](C)C4(C=C(OS(=O)(=O)c4ccc(C)cc4)C31C)C2=O. The van der Waals surface area contributed by atoms with E-state index in [4.69, 9.17) is 13.7 Å². The van der Waals surface area contributed by atoms with Crippen LogP contribution in [0.5, 0.6) is 0 Å². The van der Waals surface area contributed by atoms with Crippen molar-refractivity contribution in [3.8, 4) is 0 Å². The van der Waals surface area contributed by atoms with Crippen molar-refractivity contribution >= 4 is 15.9 Å². The van der Waals surface area contributed by atoms with E-state index in [1.807, 2.05) is 27.7 Å². The molecule has 1 aromatic carbocycles. The number of allylic oxidation sites excluding steroid dienone is 2. The Morgan fingerprint density at radius 1 is 1.17 bits per heavy atom. The summed E-state index contributed by atoms with van der Waals surface area (Å²) in [6.45, 7) is 8.00. The summed E-state index contributed by atoms with van der Waals surface area (Å²) in [6, 6.07) is 6.51. The normalized spacial score (nSPS) is 41.5. The summed E-state index contributed by atoms with van der Waals surface area (Å²) in [7, 11) is -2.65. The second-order valence-electron chi connectivity index (χ2n) is 9.38. The minimum Gasteiger partial charge on any atom is -0.383 e. The van der Waals surface area contributed by atoms with E-state index in [0.717, 1.165) is 17.6 Å². The Kier molecular flexibility index (Phi) is 3.75. The Labute approximate surface area is 177 Å². The number of hydrogen-bond acceptors (Lipinski definition) is 6. The van der Waals surface area contributed by atoms with E-state index < -0.39 is 32.2 Å². The molecule has 1 spiro atoms. The third-order valence-electron chi connectivity index (χ3n) is 8.14. The lowest BCUT2D eigenvalue weighted by atomic mass is 9.42. The molecule has 2 fully saturated rings. The van der Waals surface area contributed by atoms with Gasteiger partial charge in [-0.25, -0.2) is 0 Å². The Morgan fingerprint density at radius 2 is 1.83 bits per heavy atom. The van der Waals surface area contributed by atoms with Gasteiger partial charge in [-0.05, 0) is 50.0 Å². The smallest absolute Gasteiger partial charge is 0.338 e. The maximum Gasteiger partial charge on any atom is 0.338 e. The maximum atomic E-state index is 13.8. The lowest BCUT2D eigenvalue weighted by Crippen LogP contribution is -2.70. The van der Waals surface area contributed by atoms with E-state index in [0.29, 0.717) is 0 Å². The molecule has 0 amide bonds. The molecule has 5 aliphatic rings. The molecule has 160 valence electrons. The summed E-state index contributed by atoms with van der Waals surface area (Å²) in [5.74, 6) is -1.55. The zero-order valence-corrected chi connectivity index (χ0v) is 18.6. The number of ketones is 1. The Hall–Kier alpha value is -1.96. The van der Waals surface area contributed by atoms with Crippen LogP contribution in [0.25, 0.3) is 0 Å². The van der Waals surface area contributed by atoms with Gasteiger partial charge < -0.3 is 13.7 Å². The van der Waals surface area contributed by atoms with Crippen molar-refractivity contribution in [2.24, 2.45) is 22.2 Å². The highest BCUT2D eigenvalue weighted by molar-refractivity contribution is 7.86. The second-order valence-corrected chi connectivity index (χ2v) is 10.9. The van der Waals surface area contributed by atoms with Crippen LogP contribution in [0.3, 0.4) is 0 Å². The van der Waals surface area contributed by atoms with Crippen LogP contribution in [0.2, 0.25) is 0 Å². The van der Waals surface area contributed by atoms with Gasteiger partial charge in [-0.1, -0.05) is 37.6 Å². The molecule has 6 nitrogen and oxygen atoms in total. The lowest BCUT2D eigenvalue weighted by Gasteiger charge is -2.61. The molecule has 5 atom stereocenters. The highest BCUT2D eigenvalue weighted by Crippen LogP contribution is 2.77. The first kappa shape index (κ1) is 20.0. The number of benzene rings is 1. The summed E-state index contributed by atoms with van der Waals surface area (Å²) in [5, 5.41) is 0. The standard InChI is InChI=1S/C23H26O6S/c1-14-6-9-16(10-7-14)30(25,26)29-18-12-22-15(2)8-11-17(22)20(3)13-28-23(27-5,19(22)24)21(18,20)4/h6-7,9-12,15H,8,13H2,1-5H3/t15-,20?,21?,22?,23?/m1/s1. The van der Waals surface area contributed by atoms with Gasteiger partial charge in [0.25, 0.3) is 0 Å². The fourth-order valence-corrected chi connectivity index (χ4v) is 7.17. The number of methoxy groups -OCH3 is 1. The first-order valence-electron chi connectivity index (χ1n) is 10.2. The molecule has 4 bridgehead atoms. The molecular formula is C23H26O6S. The maximum absolute atomic E-state index is 13.8. The zero-order chi connectivity index (χ0) is 21.7. The van der Waals surface area contributed by atoms with Crippen molar-refractivity contribution in [1.29, 1.82) is 0 Å². The summed E-state index contributed by atoms with van der Waals surface area (Å²) < 4.78 is 44.0. The van der Waals surface area contributed by atoms with Crippen LogP contribution >= 0.6 is 0 Å². The second kappa shape index (κ2) is 5.64. The average molecular weight is 431 g/mol. The fourth-order valence-electron chi connectivity index (χ4n) is 6.16. The molecular weight excluding hydrogens is 404 g/mol. The van der Waals surface area contributed by atoms with Crippen molar-refractivity contribution in [2.75, 3.05) is 13.7 Å². The molecule has 0 aromatic heterocycles. The van der Waals surface area contributed by atoms with Crippen LogP contribution in [0.4, 0.5) is 0 Å². The molecule has 0 N–H and O–H groups in total. The first-order chi connectivity index (χ1) is 14.0.